The number of nitrogens with zero attached hydrogens (tertiary/aromatic N) is 5. The molecule has 15 aromatic rings. The third-order valence-corrected chi connectivity index (χ3v) is 25.6. The predicted molar refractivity (Wildman–Crippen MR) is 540 cm³/mol. The van der Waals surface area contributed by atoms with E-state index in [4.69, 9.17) is 82.3 Å². The Morgan fingerprint density at radius 1 is 0.394 bits per heavy atom. The molecule has 25 nitrogen and oxygen atoms in total. The number of amides is 5. The zero-order chi connectivity index (χ0) is 97.1. The second-order valence-electron chi connectivity index (χ2n) is 29.3. The molecule has 10 heterocycles. The van der Waals surface area contributed by atoms with E-state index in [1.54, 1.807) is 154 Å². The standard InChI is InChI=1S/C22H15NO4S2.2C22H15NO4S.C19H15Cl2NO4S.C19H17NO4S/c24-20-19(29-22(28)23(20)13-14-4-2-1-3-5-14)12-17-10-11-18(27-17)15-6-8-16(9-7-15)21(25)26;2*1-14-23(17-5-3-2-4-6-17)21(24)20(28-14)13-18-11-12-19(27-18)15-7-9-16(10-8-15)22(25)26;1-3-25-11(2)10-22-18(23)17(27-19(22)24)9-13-5-7-16(26-13)14-6-4-12(20)8-15(14)21;1-3-23-13(2)12-20-18(21)17(25-19(20)22)11-15-9-10-16(24-15)14-7-5-4-6-8-14/h1-12H,13H2,(H,25,26);2*2-13H,1H2,(H,25,26);4-9H,2-3,10H2,1H3;4-11H,2-3,12H2,1H3/b19-12-;2*20-13-;17-9-;17-11-. The van der Waals surface area contributed by atoms with Gasteiger partial charge in [0.05, 0.1) is 99.0 Å². The van der Waals surface area contributed by atoms with E-state index in [1.807, 2.05) is 134 Å². The number of thioether (sulfide) groups is 3. The molecule has 0 unspecified atom stereocenters. The van der Waals surface area contributed by atoms with Crippen LogP contribution in [0.1, 0.15) is 79.3 Å². The number of imide groups is 2. The highest BCUT2D eigenvalue weighted by Crippen LogP contribution is 2.39. The number of aromatic carboxylic acids is 3. The van der Waals surface area contributed by atoms with Crippen LogP contribution in [0.15, 0.2) is 344 Å². The fourth-order valence-electron chi connectivity index (χ4n) is 13.5. The second kappa shape index (κ2) is 45.1. The molecule has 3 saturated heterocycles. The minimum absolute atomic E-state index is 0.0274. The normalized spacial score (nSPS) is 14.0. The van der Waals surface area contributed by atoms with Gasteiger partial charge in [0.25, 0.3) is 39.3 Å². The van der Waals surface area contributed by atoms with Gasteiger partial charge in [-0.1, -0.05) is 207 Å². The predicted octanol–water partition coefficient (Wildman–Crippen LogP) is 21.6. The molecular weight excluding hydrogens is 1900 g/mol. The lowest BCUT2D eigenvalue weighted by Gasteiger charge is -2.14. The summed E-state index contributed by atoms with van der Waals surface area (Å²) >= 11 is 23.0. The maximum atomic E-state index is 12.8. The van der Waals surface area contributed by atoms with Crippen LogP contribution in [-0.2, 0) is 30.4 Å². The summed E-state index contributed by atoms with van der Waals surface area (Å²) in [7, 11) is 0. The van der Waals surface area contributed by atoms with Gasteiger partial charge in [0.15, 0.2) is 0 Å². The average molecular weight is 1980 g/mol. The first kappa shape index (κ1) is 97.7. The first-order valence-corrected chi connectivity index (χ1v) is 46.7. The maximum absolute atomic E-state index is 12.8. The number of hydrogen-bond donors (Lipinski definition) is 3. The Morgan fingerprint density at radius 2 is 0.715 bits per heavy atom. The van der Waals surface area contributed by atoms with Crippen molar-refractivity contribution in [3.05, 3.63) is 413 Å². The number of thiazole rings is 2. The average Bonchev–Trinajstić information content (AvgIpc) is 1.66. The highest BCUT2D eigenvalue weighted by atomic mass is 35.5. The van der Waals surface area contributed by atoms with Crippen molar-refractivity contribution in [3.8, 4) is 68.0 Å². The summed E-state index contributed by atoms with van der Waals surface area (Å²) in [4.78, 5) is 125. The number of carboxylic acids is 3. The minimum Gasteiger partial charge on any atom is -0.497 e. The highest BCUT2D eigenvalue weighted by Gasteiger charge is 2.38. The molecule has 18 rings (SSSR count). The molecule has 0 aliphatic carbocycles. The Morgan fingerprint density at radius 3 is 1.07 bits per heavy atom. The molecule has 3 aliphatic heterocycles. The van der Waals surface area contributed by atoms with Crippen LogP contribution in [0.5, 0.6) is 0 Å². The van der Waals surface area contributed by atoms with Crippen molar-refractivity contribution in [3.63, 3.8) is 0 Å². The molecule has 0 atom stereocenters. The lowest BCUT2D eigenvalue weighted by molar-refractivity contribution is -0.123. The van der Waals surface area contributed by atoms with Crippen molar-refractivity contribution in [1.82, 2.24) is 23.8 Å². The van der Waals surface area contributed by atoms with Crippen molar-refractivity contribution in [2.24, 2.45) is 0 Å². The molecule has 8 aromatic carbocycles. The Hall–Kier alpha value is -15.3. The molecule has 0 saturated carbocycles. The van der Waals surface area contributed by atoms with Gasteiger partial charge in [0, 0.05) is 63.2 Å². The molecule has 7 aromatic heterocycles. The van der Waals surface area contributed by atoms with Crippen molar-refractivity contribution in [2.45, 2.75) is 20.4 Å². The Labute approximate surface area is 817 Å². The van der Waals surface area contributed by atoms with E-state index in [-0.39, 0.29) is 68.1 Å². The summed E-state index contributed by atoms with van der Waals surface area (Å²) in [5.74, 6) is 2.48. The quantitative estimate of drug-likeness (QED) is 0.0272. The number of rotatable bonds is 25. The van der Waals surface area contributed by atoms with Gasteiger partial charge in [-0.25, -0.2) is 14.4 Å². The van der Waals surface area contributed by atoms with E-state index in [0.717, 1.165) is 72.5 Å². The molecule has 0 radical (unpaired) electrons. The lowest BCUT2D eigenvalue weighted by Crippen LogP contribution is -2.30. The lowest BCUT2D eigenvalue weighted by atomic mass is 10.1. The molecule has 3 aliphatic rings. The maximum Gasteiger partial charge on any atom is 0.335 e. The van der Waals surface area contributed by atoms with E-state index in [9.17, 15) is 47.9 Å². The molecule has 33 heteroatoms. The summed E-state index contributed by atoms with van der Waals surface area (Å²) in [6, 6.07) is 80.1. The van der Waals surface area contributed by atoms with Crippen molar-refractivity contribution in [1.29, 1.82) is 0 Å². The van der Waals surface area contributed by atoms with Crippen LogP contribution in [0, 0.1) is 0 Å². The topological polar surface area (TPSA) is 335 Å². The van der Waals surface area contributed by atoms with E-state index in [1.165, 1.54) is 76.9 Å². The van der Waals surface area contributed by atoms with Gasteiger partial charge in [0.2, 0.25) is 0 Å². The number of ether oxygens (including phenoxy) is 2. The largest absolute Gasteiger partial charge is 0.497 e. The zero-order valence-electron chi connectivity index (χ0n) is 72.5. The first-order valence-electron chi connectivity index (χ1n) is 41.4. The van der Waals surface area contributed by atoms with Crippen LogP contribution >= 0.6 is 93.4 Å². The number of benzene rings is 8. The molecule has 5 amide bonds. The zero-order valence-corrected chi connectivity index (χ0v) is 78.9. The fourth-order valence-corrected chi connectivity index (χ4v) is 18.6. The van der Waals surface area contributed by atoms with Crippen molar-refractivity contribution in [2.75, 3.05) is 26.3 Å². The van der Waals surface area contributed by atoms with Gasteiger partial charge < -0.3 is 46.9 Å². The van der Waals surface area contributed by atoms with Gasteiger partial charge in [0.1, 0.15) is 73.4 Å². The second-order valence-corrected chi connectivity index (χ2v) is 36.1. The summed E-state index contributed by atoms with van der Waals surface area (Å²) in [5, 5.41) is 27.2. The van der Waals surface area contributed by atoms with Crippen LogP contribution in [0.4, 0.5) is 9.59 Å². The fraction of sp³-hybridized carbons (Fsp3) is 0.0673. The van der Waals surface area contributed by atoms with Crippen LogP contribution in [0.2, 0.25) is 10.0 Å². The molecule has 137 heavy (non-hydrogen) atoms. The molecule has 0 bridgehead atoms. The summed E-state index contributed by atoms with van der Waals surface area (Å²) < 4.78 is 45.4. The van der Waals surface area contributed by atoms with Crippen molar-refractivity contribution >= 4 is 187 Å². The van der Waals surface area contributed by atoms with E-state index in [0.29, 0.717) is 137 Å². The third-order valence-electron chi connectivity index (χ3n) is 20.0. The van der Waals surface area contributed by atoms with Gasteiger partial charge in [-0.2, -0.15) is 0 Å². The van der Waals surface area contributed by atoms with E-state index < -0.39 is 23.8 Å². The molecule has 688 valence electrons. The highest BCUT2D eigenvalue weighted by molar-refractivity contribution is 8.26. The number of carboxylic acid groups (broad SMARTS) is 3. The summed E-state index contributed by atoms with van der Waals surface area (Å²) in [5.41, 5.74) is 6.80. The van der Waals surface area contributed by atoms with E-state index >= 15 is 0 Å². The van der Waals surface area contributed by atoms with Gasteiger partial charge in [-0.15, -0.1) is 22.7 Å². The van der Waals surface area contributed by atoms with Gasteiger partial charge >= 0.3 is 17.9 Å². The number of halogens is 2. The number of aromatic nitrogens is 2. The molecule has 0 spiro atoms. The number of carbonyl (C=O) groups excluding carboxylic acids is 5. The van der Waals surface area contributed by atoms with Crippen LogP contribution in [0.3, 0.4) is 0 Å². The minimum atomic E-state index is -0.978. The number of carbonyl (C=O) groups is 8. The Kier molecular flexibility index (Phi) is 32.2. The third kappa shape index (κ3) is 24.6. The smallest absolute Gasteiger partial charge is 0.335 e. The SMILES string of the molecule is C=C(CN1C(=O)S/C(=C\c2ccc(-c3ccc(Cl)cc3Cl)o2)C1=O)OCC.C=C(CN1C(=O)S/C(=C\c2ccc(-c3ccccc3)o2)C1=O)OCC.C=c1s/c(=C\c2ccc(-c3ccc(C(=O)O)cc3)o2)c(=O)n1-c1ccccc1.C=c1s/c(=C\c2ccc(-c3ccc(C(=O)O)cc3)o2)c(=O)n1-c1ccccc1.O=C(O)c1ccc(-c2ccc(/C=C3\SC(=S)N(Cc4ccccc4)C3=O)o2)cc1. The van der Waals surface area contributed by atoms with Gasteiger partial charge in [-0.05, 0) is 182 Å². The van der Waals surface area contributed by atoms with Gasteiger partial charge in [-0.3, -0.25) is 57.4 Å². The number of hydrogen-bond acceptors (Lipinski definition) is 23. The monoisotopic (exact) mass is 1980 g/mol. The summed E-state index contributed by atoms with van der Waals surface area (Å²) in [6.45, 7) is 20.4. The molecule has 3 N–H and O–H groups in total. The Balaban J connectivity index is 0.000000137. The molecular formula is C104H77Cl2N5O20S6. The number of para-hydroxylation sites is 2. The molecule has 3 fully saturated rings. The number of furan rings is 5. The van der Waals surface area contributed by atoms with Crippen LogP contribution in [-0.4, -0.2) is 116 Å². The Bertz CT molecular complexity index is 7390. The van der Waals surface area contributed by atoms with Crippen LogP contribution in [0.25, 0.3) is 112 Å². The van der Waals surface area contributed by atoms with Crippen molar-refractivity contribution < 1.29 is 85.2 Å². The van der Waals surface area contributed by atoms with Crippen LogP contribution < -0.4 is 29.5 Å². The first-order chi connectivity index (χ1) is 66.0. The van der Waals surface area contributed by atoms with E-state index in [2.05, 4.69) is 26.3 Å². The summed E-state index contributed by atoms with van der Waals surface area (Å²) in [6.07, 6.45) is 8.17. The number of thiocarbonyl (C=S) groups is 1.